The molecule has 0 unspecified atom stereocenters. The van der Waals surface area contributed by atoms with Crippen LogP contribution < -0.4 is 25.7 Å². The van der Waals surface area contributed by atoms with Gasteiger partial charge in [0.2, 0.25) is 11.7 Å². The van der Waals surface area contributed by atoms with Gasteiger partial charge < -0.3 is 40.4 Å². The minimum atomic E-state index is -4.64. The molecule has 2 rings (SSSR count). The summed E-state index contributed by atoms with van der Waals surface area (Å²) < 4.78 is 24.8. The van der Waals surface area contributed by atoms with Crippen molar-refractivity contribution < 1.29 is 33.5 Å². The van der Waals surface area contributed by atoms with Gasteiger partial charge in [0.05, 0.1) is 21.3 Å². The maximum atomic E-state index is 8.88. The molecule has 0 saturated heterocycles. The molecule has 11 nitrogen and oxygen atoms in total. The summed E-state index contributed by atoms with van der Waals surface area (Å²) >= 11 is 0. The Bertz CT molecular complexity index is 770. The molecule has 1 heterocycles. The quantitative estimate of drug-likeness (QED) is 0.320. The molecule has 2 aromatic rings. The molecule has 13 heteroatoms. The van der Waals surface area contributed by atoms with E-state index in [-0.39, 0.29) is 35.5 Å². The topological polar surface area (TPSA) is 183 Å². The molecule has 0 bridgehead atoms. The van der Waals surface area contributed by atoms with E-state index in [1.807, 2.05) is 12.1 Å². The number of benzene rings is 1. The number of hydrogen-bond acceptors (Lipinski definition) is 8. The van der Waals surface area contributed by atoms with E-state index in [2.05, 4.69) is 9.97 Å². The van der Waals surface area contributed by atoms with E-state index in [1.165, 1.54) is 0 Å². The van der Waals surface area contributed by atoms with Crippen molar-refractivity contribution in [3.05, 3.63) is 29.5 Å². The number of phosphoric acid groups is 1. The molecule has 27 heavy (non-hydrogen) atoms. The molecule has 0 aliphatic rings. The van der Waals surface area contributed by atoms with Gasteiger partial charge in [-0.2, -0.15) is 4.98 Å². The number of methoxy groups -OCH3 is 3. The third kappa shape index (κ3) is 8.76. The third-order valence-corrected chi connectivity index (χ3v) is 3.04. The zero-order valence-corrected chi connectivity index (χ0v) is 15.3. The number of ether oxygens (including phenoxy) is 3. The molecule has 0 aliphatic carbocycles. The summed E-state index contributed by atoms with van der Waals surface area (Å²) in [5.74, 6) is 2.23. The van der Waals surface area contributed by atoms with Gasteiger partial charge in [-0.1, -0.05) is 0 Å². The summed E-state index contributed by atoms with van der Waals surface area (Å²) in [5, 5.41) is 0. The predicted octanol–water partition coefficient (Wildman–Crippen LogP) is -0.320. The van der Waals surface area contributed by atoms with Crippen molar-refractivity contribution >= 4 is 49.1 Å². The molecule has 7 N–H and O–H groups in total. The fraction of sp³-hybridized carbons (Fsp3) is 0.286. The van der Waals surface area contributed by atoms with Gasteiger partial charge in [-0.25, -0.2) is 9.55 Å². The first-order valence-corrected chi connectivity index (χ1v) is 8.59. The number of hydrogen-bond donors (Lipinski definition) is 5. The Balaban J connectivity index is 0.00000100. The molecule has 1 aromatic heterocycles. The number of anilines is 2. The van der Waals surface area contributed by atoms with E-state index in [0.717, 1.165) is 11.1 Å². The summed E-state index contributed by atoms with van der Waals surface area (Å²) in [6.07, 6.45) is 2.14. The number of rotatable bonds is 5. The van der Waals surface area contributed by atoms with Crippen LogP contribution in [0.4, 0.5) is 11.8 Å². The SMILES string of the molecule is COc1cc(Cc2cnc(N)nc2N)cc(OC)c1OC.O=P(O)(O)O.[NaH]. The van der Waals surface area contributed by atoms with E-state index < -0.39 is 7.82 Å². The Hall–Kier alpha value is -1.59. The molecular weight excluding hydrogens is 390 g/mol. The van der Waals surface area contributed by atoms with Crippen molar-refractivity contribution in [3.63, 3.8) is 0 Å². The number of nitrogens with two attached hydrogens (primary N) is 2. The average molecular weight is 412 g/mol. The van der Waals surface area contributed by atoms with Crippen LogP contribution in [0.2, 0.25) is 0 Å². The summed E-state index contributed by atoms with van der Waals surface area (Å²) in [4.78, 5) is 29.5. The second-order valence-electron chi connectivity index (χ2n) is 4.86. The van der Waals surface area contributed by atoms with Crippen molar-refractivity contribution in [1.82, 2.24) is 9.97 Å². The summed E-state index contributed by atoms with van der Waals surface area (Å²) in [7, 11) is 0.0649. The molecule has 1 aromatic carbocycles. The second kappa shape index (κ2) is 11.3. The van der Waals surface area contributed by atoms with Crippen molar-refractivity contribution in [2.75, 3.05) is 32.8 Å². The Morgan fingerprint density at radius 3 is 1.89 bits per heavy atom. The van der Waals surface area contributed by atoms with Crippen LogP contribution in [0.15, 0.2) is 18.3 Å². The van der Waals surface area contributed by atoms with E-state index in [9.17, 15) is 0 Å². The molecule has 0 spiro atoms. The van der Waals surface area contributed by atoms with Crippen LogP contribution in [0.5, 0.6) is 17.2 Å². The molecule has 0 aliphatic heterocycles. The fourth-order valence-electron chi connectivity index (χ4n) is 2.03. The van der Waals surface area contributed by atoms with Gasteiger partial charge in [0.1, 0.15) is 5.82 Å². The fourth-order valence-corrected chi connectivity index (χ4v) is 2.03. The average Bonchev–Trinajstić information content (AvgIpc) is 2.54. The number of aromatic nitrogens is 2. The normalized spacial score (nSPS) is 10.1. The zero-order chi connectivity index (χ0) is 19.9. The first kappa shape index (κ1) is 25.4. The maximum absolute atomic E-state index is 8.88. The van der Waals surface area contributed by atoms with Gasteiger partial charge in [0.15, 0.2) is 11.5 Å². The minimum absolute atomic E-state index is 0. The van der Waals surface area contributed by atoms with Gasteiger partial charge in [0.25, 0.3) is 0 Å². The monoisotopic (exact) mass is 412 g/mol. The van der Waals surface area contributed by atoms with Crippen LogP contribution in [-0.2, 0) is 11.0 Å². The summed E-state index contributed by atoms with van der Waals surface area (Å²) in [6.45, 7) is 0. The molecule has 0 radical (unpaired) electrons. The van der Waals surface area contributed by atoms with Crippen molar-refractivity contribution in [2.45, 2.75) is 6.42 Å². The third-order valence-electron chi connectivity index (χ3n) is 3.04. The molecule has 0 fully saturated rings. The standard InChI is InChI=1S/C14H18N4O3.Na.H3O4P.H/c1-19-10-5-8(6-11(20-2)12(10)21-3)4-9-7-17-14(16)18-13(9)15;;1-5(2,3)4;/h5-7H,4H2,1-3H3,(H4,15,16,17,18);;(H3,1,2,3,4);. The van der Waals surface area contributed by atoms with Crippen LogP contribution in [-0.4, -0.2) is 75.5 Å². The Kier molecular flexibility index (Phi) is 10.6. The van der Waals surface area contributed by atoms with Crippen LogP contribution in [0.1, 0.15) is 11.1 Å². The van der Waals surface area contributed by atoms with Gasteiger partial charge in [-0.15, -0.1) is 0 Å². The van der Waals surface area contributed by atoms with Crippen molar-refractivity contribution in [1.29, 1.82) is 0 Å². The molecule has 0 amide bonds. The summed E-state index contributed by atoms with van der Waals surface area (Å²) in [5.41, 5.74) is 13.1. The first-order chi connectivity index (χ1) is 12.1. The molecule has 0 saturated carbocycles. The van der Waals surface area contributed by atoms with Crippen LogP contribution in [0.3, 0.4) is 0 Å². The van der Waals surface area contributed by atoms with Gasteiger partial charge in [-0.3, -0.25) is 0 Å². The van der Waals surface area contributed by atoms with Crippen molar-refractivity contribution in [2.24, 2.45) is 0 Å². The molecule has 0 atom stereocenters. The second-order valence-corrected chi connectivity index (χ2v) is 5.89. The first-order valence-electron chi connectivity index (χ1n) is 7.03. The number of nitrogens with zero attached hydrogens (tertiary/aromatic N) is 2. The Morgan fingerprint density at radius 1 is 1.04 bits per heavy atom. The van der Waals surface area contributed by atoms with Gasteiger partial charge >= 0.3 is 37.4 Å². The van der Waals surface area contributed by atoms with E-state index in [4.69, 9.17) is 44.9 Å². The van der Waals surface area contributed by atoms with Gasteiger partial charge in [-0.05, 0) is 17.7 Å². The van der Waals surface area contributed by atoms with Gasteiger partial charge in [0, 0.05) is 18.2 Å². The van der Waals surface area contributed by atoms with E-state index >= 15 is 0 Å². The number of nitrogen functional groups attached to an aromatic ring is 2. The van der Waals surface area contributed by atoms with E-state index in [1.54, 1.807) is 27.5 Å². The zero-order valence-electron chi connectivity index (χ0n) is 14.4. The molecular formula is C14H22N4NaO7P. The molecule has 146 valence electrons. The van der Waals surface area contributed by atoms with Crippen LogP contribution in [0, 0.1) is 0 Å². The predicted molar refractivity (Wildman–Crippen MR) is 101 cm³/mol. The van der Waals surface area contributed by atoms with Crippen LogP contribution in [0.25, 0.3) is 0 Å². The Morgan fingerprint density at radius 2 is 1.52 bits per heavy atom. The van der Waals surface area contributed by atoms with Crippen LogP contribution >= 0.6 is 7.82 Å². The summed E-state index contributed by atoms with van der Waals surface area (Å²) in [6, 6.07) is 3.72. The van der Waals surface area contributed by atoms with Crippen molar-refractivity contribution in [3.8, 4) is 17.2 Å². The Labute approximate surface area is 178 Å². The van der Waals surface area contributed by atoms with E-state index in [0.29, 0.717) is 29.5 Å².